The van der Waals surface area contributed by atoms with Gasteiger partial charge in [-0.3, -0.25) is 13.9 Å². The summed E-state index contributed by atoms with van der Waals surface area (Å²) < 4.78 is 34.5. The molecule has 0 aliphatic carbocycles. The zero-order valence-corrected chi connectivity index (χ0v) is 25.7. The number of halogens is 1. The van der Waals surface area contributed by atoms with Crippen LogP contribution in [0.5, 0.6) is 5.75 Å². The molecule has 3 rings (SSSR count). The molecule has 0 spiro atoms. The van der Waals surface area contributed by atoms with E-state index in [0.29, 0.717) is 29.5 Å². The largest absolute Gasteiger partial charge is 0.494 e. The first kappa shape index (κ1) is 32.0. The van der Waals surface area contributed by atoms with Crippen LogP contribution < -0.4 is 14.4 Å². The van der Waals surface area contributed by atoms with E-state index >= 15 is 0 Å². The van der Waals surface area contributed by atoms with Gasteiger partial charge in [0.15, 0.2) is 0 Å². The number of hydrogen-bond acceptors (Lipinski definition) is 5. The van der Waals surface area contributed by atoms with Crippen LogP contribution in [0.1, 0.15) is 45.2 Å². The van der Waals surface area contributed by atoms with Crippen molar-refractivity contribution in [3.8, 4) is 5.75 Å². The van der Waals surface area contributed by atoms with Crippen LogP contribution in [0.15, 0.2) is 77.7 Å². The van der Waals surface area contributed by atoms with Crippen LogP contribution in [-0.4, -0.2) is 50.4 Å². The van der Waals surface area contributed by atoms with Crippen molar-refractivity contribution in [2.45, 2.75) is 64.6 Å². The molecule has 0 aromatic heterocycles. The summed E-state index contributed by atoms with van der Waals surface area (Å²) in [7, 11) is -4.15. The average Bonchev–Trinajstić information content (AvgIpc) is 2.93. The van der Waals surface area contributed by atoms with Crippen LogP contribution >= 0.6 is 11.6 Å². The number of nitrogens with zero attached hydrogens (tertiary/aromatic N) is 2. The van der Waals surface area contributed by atoms with E-state index in [1.807, 2.05) is 34.6 Å². The van der Waals surface area contributed by atoms with Crippen molar-refractivity contribution in [2.75, 3.05) is 17.5 Å². The van der Waals surface area contributed by atoms with Gasteiger partial charge in [-0.1, -0.05) is 48.4 Å². The fourth-order valence-electron chi connectivity index (χ4n) is 4.33. The third-order valence-electron chi connectivity index (χ3n) is 6.41. The smallest absolute Gasteiger partial charge is 0.264 e. The molecule has 1 N–H and O–H groups in total. The SMILES string of the molecule is CCOc1ccc(N(CC(=O)N(Cc2ccc(Cl)cc2)C(CC)C(=O)NC(C)C)S(=O)(=O)c2ccc(C)cc2)cc1. The Morgan fingerprint density at radius 2 is 1.54 bits per heavy atom. The van der Waals surface area contributed by atoms with E-state index < -0.39 is 28.5 Å². The molecule has 41 heavy (non-hydrogen) atoms. The molecular weight excluding hydrogens is 562 g/mol. The molecule has 3 aromatic carbocycles. The summed E-state index contributed by atoms with van der Waals surface area (Å²) in [5, 5.41) is 3.43. The van der Waals surface area contributed by atoms with Gasteiger partial charge < -0.3 is 15.0 Å². The van der Waals surface area contributed by atoms with Crippen molar-refractivity contribution in [1.82, 2.24) is 10.2 Å². The van der Waals surface area contributed by atoms with Crippen molar-refractivity contribution in [2.24, 2.45) is 0 Å². The second-order valence-electron chi connectivity index (χ2n) is 9.99. The minimum atomic E-state index is -4.15. The van der Waals surface area contributed by atoms with E-state index in [2.05, 4.69) is 5.32 Å². The normalized spacial score (nSPS) is 12.1. The monoisotopic (exact) mass is 599 g/mol. The molecule has 0 heterocycles. The van der Waals surface area contributed by atoms with Crippen molar-refractivity contribution in [1.29, 1.82) is 0 Å². The molecule has 0 saturated heterocycles. The highest BCUT2D eigenvalue weighted by Crippen LogP contribution is 2.27. The predicted molar refractivity (Wildman–Crippen MR) is 163 cm³/mol. The number of carbonyl (C=O) groups is 2. The molecule has 0 bridgehead atoms. The number of carbonyl (C=O) groups excluding carboxylic acids is 2. The second-order valence-corrected chi connectivity index (χ2v) is 12.3. The first-order valence-electron chi connectivity index (χ1n) is 13.6. The van der Waals surface area contributed by atoms with Crippen LogP contribution in [0.2, 0.25) is 5.02 Å². The van der Waals surface area contributed by atoms with Crippen LogP contribution in [0.3, 0.4) is 0 Å². The van der Waals surface area contributed by atoms with E-state index in [1.54, 1.807) is 60.7 Å². The second kappa shape index (κ2) is 14.4. The number of nitrogens with one attached hydrogen (secondary N) is 1. The predicted octanol–water partition coefficient (Wildman–Crippen LogP) is 5.57. The van der Waals surface area contributed by atoms with Gasteiger partial charge in [-0.2, -0.15) is 0 Å². The number of rotatable bonds is 13. The molecule has 0 fully saturated rings. The van der Waals surface area contributed by atoms with Crippen molar-refractivity contribution in [3.63, 3.8) is 0 Å². The maximum Gasteiger partial charge on any atom is 0.264 e. The number of aryl methyl sites for hydroxylation is 1. The Morgan fingerprint density at radius 3 is 2.07 bits per heavy atom. The molecule has 0 saturated carbocycles. The highest BCUT2D eigenvalue weighted by Gasteiger charge is 2.33. The summed E-state index contributed by atoms with van der Waals surface area (Å²) in [4.78, 5) is 28.8. The molecule has 0 aliphatic heterocycles. The summed E-state index contributed by atoms with van der Waals surface area (Å²) in [6, 6.07) is 19.0. The number of anilines is 1. The average molecular weight is 600 g/mol. The Balaban J connectivity index is 2.06. The van der Waals surface area contributed by atoms with E-state index in [-0.39, 0.29) is 23.4 Å². The van der Waals surface area contributed by atoms with Gasteiger partial charge in [0.2, 0.25) is 11.8 Å². The highest BCUT2D eigenvalue weighted by molar-refractivity contribution is 7.92. The highest BCUT2D eigenvalue weighted by atomic mass is 35.5. The zero-order chi connectivity index (χ0) is 30.2. The lowest BCUT2D eigenvalue weighted by atomic mass is 10.1. The minimum absolute atomic E-state index is 0.0543. The Hall–Kier alpha value is -3.56. The van der Waals surface area contributed by atoms with Crippen LogP contribution in [-0.2, 0) is 26.2 Å². The minimum Gasteiger partial charge on any atom is -0.494 e. The third-order valence-corrected chi connectivity index (χ3v) is 8.45. The first-order chi connectivity index (χ1) is 19.5. The zero-order valence-electron chi connectivity index (χ0n) is 24.1. The van der Waals surface area contributed by atoms with Crippen LogP contribution in [0, 0.1) is 6.92 Å². The Kier molecular flexibility index (Phi) is 11.2. The fraction of sp³-hybridized carbons (Fsp3) is 0.355. The summed E-state index contributed by atoms with van der Waals surface area (Å²) in [6.07, 6.45) is 0.339. The van der Waals surface area contributed by atoms with Gasteiger partial charge in [-0.15, -0.1) is 0 Å². The number of hydrogen-bond donors (Lipinski definition) is 1. The van der Waals surface area contributed by atoms with E-state index in [4.69, 9.17) is 16.3 Å². The fourth-order valence-corrected chi connectivity index (χ4v) is 5.87. The van der Waals surface area contributed by atoms with Gasteiger partial charge in [-0.25, -0.2) is 8.42 Å². The van der Waals surface area contributed by atoms with Crippen molar-refractivity contribution < 1.29 is 22.7 Å². The van der Waals surface area contributed by atoms with Gasteiger partial charge in [-0.05, 0) is 88.2 Å². The molecule has 0 aliphatic rings. The van der Waals surface area contributed by atoms with E-state index in [0.717, 1.165) is 15.4 Å². The molecule has 220 valence electrons. The maximum absolute atomic E-state index is 14.1. The molecule has 8 nitrogen and oxygen atoms in total. The Labute approximate surface area is 248 Å². The lowest BCUT2D eigenvalue weighted by Gasteiger charge is -2.33. The summed E-state index contributed by atoms with van der Waals surface area (Å²) in [5.74, 6) is -0.245. The molecule has 1 unspecified atom stereocenters. The molecule has 0 radical (unpaired) electrons. The molecule has 2 amide bonds. The summed E-state index contributed by atoms with van der Waals surface area (Å²) >= 11 is 6.07. The third kappa shape index (κ3) is 8.47. The first-order valence-corrected chi connectivity index (χ1v) is 15.4. The molecular formula is C31H38ClN3O5S. The lowest BCUT2D eigenvalue weighted by Crippen LogP contribution is -2.53. The standard InChI is InChI=1S/C31H38ClN3O5S/c1-6-29(31(37)33-22(3)4)34(20-24-10-12-25(32)13-11-24)30(36)21-35(26-14-16-27(17-15-26)40-7-2)41(38,39)28-18-8-23(5)9-19-28/h8-19,22,29H,6-7,20-21H2,1-5H3,(H,33,37). The van der Waals surface area contributed by atoms with E-state index in [1.165, 1.54) is 17.0 Å². The van der Waals surface area contributed by atoms with E-state index in [9.17, 15) is 18.0 Å². The maximum atomic E-state index is 14.1. The number of benzene rings is 3. The number of amides is 2. The Morgan fingerprint density at radius 1 is 0.927 bits per heavy atom. The Bertz CT molecular complexity index is 1410. The van der Waals surface area contributed by atoms with Crippen molar-refractivity contribution in [3.05, 3.63) is 88.9 Å². The van der Waals surface area contributed by atoms with Gasteiger partial charge in [0.05, 0.1) is 17.2 Å². The summed E-state index contributed by atoms with van der Waals surface area (Å²) in [5.41, 5.74) is 1.96. The van der Waals surface area contributed by atoms with Gasteiger partial charge in [0.1, 0.15) is 18.3 Å². The number of sulfonamides is 1. The summed E-state index contributed by atoms with van der Waals surface area (Å²) in [6.45, 7) is 9.28. The topological polar surface area (TPSA) is 96.0 Å². The molecule has 3 aromatic rings. The molecule has 10 heteroatoms. The number of ether oxygens (including phenoxy) is 1. The van der Waals surface area contributed by atoms with Crippen LogP contribution in [0.4, 0.5) is 5.69 Å². The van der Waals surface area contributed by atoms with Crippen LogP contribution in [0.25, 0.3) is 0 Å². The molecule has 1 atom stereocenters. The van der Waals surface area contributed by atoms with Gasteiger partial charge >= 0.3 is 0 Å². The quantitative estimate of drug-likeness (QED) is 0.277. The van der Waals surface area contributed by atoms with Gasteiger partial charge in [0.25, 0.3) is 10.0 Å². The lowest BCUT2D eigenvalue weighted by molar-refractivity contribution is -0.140. The van der Waals surface area contributed by atoms with Gasteiger partial charge in [0, 0.05) is 17.6 Å². The van der Waals surface area contributed by atoms with Crippen molar-refractivity contribution >= 4 is 39.1 Å².